The predicted molar refractivity (Wildman–Crippen MR) is 56.4 cm³/mol. The molecule has 0 fully saturated rings. The summed E-state index contributed by atoms with van der Waals surface area (Å²) in [5.74, 6) is -0.00796. The highest BCUT2D eigenvalue weighted by atomic mass is 79.9. The van der Waals surface area contributed by atoms with Gasteiger partial charge in [0, 0.05) is 14.5 Å². The second kappa shape index (κ2) is 4.39. The van der Waals surface area contributed by atoms with Gasteiger partial charge in [0.15, 0.2) is 0 Å². The molecule has 0 heterocycles. The molecule has 0 saturated carbocycles. The first kappa shape index (κ1) is 10.9. The van der Waals surface area contributed by atoms with Crippen LogP contribution in [0.5, 0.6) is 5.75 Å². The zero-order valence-corrected chi connectivity index (χ0v) is 9.77. The van der Waals surface area contributed by atoms with Gasteiger partial charge in [-0.3, -0.25) is 0 Å². The van der Waals surface area contributed by atoms with Gasteiger partial charge in [0.25, 0.3) is 0 Å². The summed E-state index contributed by atoms with van der Waals surface area (Å²) in [7, 11) is 0. The lowest BCUT2D eigenvalue weighted by Crippen LogP contribution is -2.13. The lowest BCUT2D eigenvalue weighted by Gasteiger charge is -2.12. The quantitative estimate of drug-likeness (QED) is 0.882. The summed E-state index contributed by atoms with van der Waals surface area (Å²) in [5.41, 5.74) is 5.86. The highest BCUT2D eigenvalue weighted by molar-refractivity contribution is 9.11. The van der Waals surface area contributed by atoms with Crippen molar-refractivity contribution >= 4 is 31.9 Å². The van der Waals surface area contributed by atoms with Crippen molar-refractivity contribution < 1.29 is 9.50 Å². The van der Waals surface area contributed by atoms with Crippen LogP contribution in [0.1, 0.15) is 11.6 Å². The van der Waals surface area contributed by atoms with E-state index in [4.69, 9.17) is 5.73 Å². The topological polar surface area (TPSA) is 46.2 Å². The van der Waals surface area contributed by atoms with Gasteiger partial charge >= 0.3 is 0 Å². The number of hydrogen-bond acceptors (Lipinski definition) is 2. The molecular weight excluding hydrogens is 305 g/mol. The van der Waals surface area contributed by atoms with Crippen molar-refractivity contribution in [3.63, 3.8) is 0 Å². The van der Waals surface area contributed by atoms with Gasteiger partial charge < -0.3 is 10.8 Å². The maximum atomic E-state index is 12.3. The van der Waals surface area contributed by atoms with Crippen molar-refractivity contribution in [1.29, 1.82) is 0 Å². The van der Waals surface area contributed by atoms with E-state index in [2.05, 4.69) is 31.9 Å². The minimum absolute atomic E-state index is 0.00796. The molecule has 5 heteroatoms. The summed E-state index contributed by atoms with van der Waals surface area (Å²) in [6.45, 7) is -0.701. The third kappa shape index (κ3) is 2.42. The van der Waals surface area contributed by atoms with E-state index in [1.807, 2.05) is 0 Å². The van der Waals surface area contributed by atoms with Crippen LogP contribution in [0.15, 0.2) is 21.1 Å². The molecule has 0 aromatic heterocycles. The van der Waals surface area contributed by atoms with Crippen molar-refractivity contribution in [3.8, 4) is 5.75 Å². The van der Waals surface area contributed by atoms with E-state index < -0.39 is 12.7 Å². The molecule has 1 aromatic carbocycles. The van der Waals surface area contributed by atoms with Crippen LogP contribution in [0.3, 0.4) is 0 Å². The Labute approximate surface area is 92.2 Å². The van der Waals surface area contributed by atoms with E-state index in [0.29, 0.717) is 14.5 Å². The number of rotatable bonds is 2. The molecule has 0 amide bonds. The van der Waals surface area contributed by atoms with Crippen LogP contribution in [-0.2, 0) is 0 Å². The highest BCUT2D eigenvalue weighted by Crippen LogP contribution is 2.34. The fraction of sp³-hybridized carbons (Fsp3) is 0.250. The monoisotopic (exact) mass is 311 g/mol. The minimum atomic E-state index is -0.789. The van der Waals surface area contributed by atoms with Crippen LogP contribution in [0.2, 0.25) is 0 Å². The van der Waals surface area contributed by atoms with E-state index >= 15 is 0 Å². The van der Waals surface area contributed by atoms with Gasteiger partial charge in [-0.05, 0) is 12.1 Å². The molecule has 0 aliphatic rings. The molecule has 72 valence electrons. The SMILES string of the molecule is N[C@@H](CF)c1c(O)cc(Br)cc1Br. The summed E-state index contributed by atoms with van der Waals surface area (Å²) >= 11 is 6.40. The number of halogens is 3. The summed E-state index contributed by atoms with van der Waals surface area (Å²) < 4.78 is 13.6. The molecule has 3 N–H and O–H groups in total. The number of benzene rings is 1. The molecule has 13 heavy (non-hydrogen) atoms. The van der Waals surface area contributed by atoms with Gasteiger partial charge in [0.1, 0.15) is 12.4 Å². The number of alkyl halides is 1. The Bertz CT molecular complexity index is 296. The zero-order valence-electron chi connectivity index (χ0n) is 6.60. The Hall–Kier alpha value is -0.130. The summed E-state index contributed by atoms with van der Waals surface area (Å²) in [4.78, 5) is 0. The fourth-order valence-electron chi connectivity index (χ4n) is 1.02. The maximum absolute atomic E-state index is 12.3. The minimum Gasteiger partial charge on any atom is -0.508 e. The standard InChI is InChI=1S/C8H8Br2FNO/c9-4-1-5(10)8(6(12)3-11)7(13)2-4/h1-2,6,13H,3,12H2/t6-/m0/s1. The van der Waals surface area contributed by atoms with Gasteiger partial charge in [0.2, 0.25) is 0 Å². The fourth-order valence-corrected chi connectivity index (χ4v) is 2.51. The first-order valence-corrected chi connectivity index (χ1v) is 5.14. The Morgan fingerprint density at radius 3 is 2.54 bits per heavy atom. The smallest absolute Gasteiger partial charge is 0.122 e. The molecule has 0 saturated heterocycles. The molecule has 0 aliphatic carbocycles. The molecule has 0 radical (unpaired) electrons. The maximum Gasteiger partial charge on any atom is 0.122 e. The molecule has 0 bridgehead atoms. The number of hydrogen-bond donors (Lipinski definition) is 2. The second-order valence-corrected chi connectivity index (χ2v) is 4.35. The molecule has 0 aliphatic heterocycles. The molecule has 0 unspecified atom stereocenters. The number of phenolic OH excluding ortho intramolecular Hbond substituents is 1. The Morgan fingerprint density at radius 1 is 1.46 bits per heavy atom. The summed E-state index contributed by atoms with van der Waals surface area (Å²) in [6.07, 6.45) is 0. The largest absolute Gasteiger partial charge is 0.508 e. The van der Waals surface area contributed by atoms with Gasteiger partial charge in [-0.25, -0.2) is 4.39 Å². The lowest BCUT2D eigenvalue weighted by atomic mass is 10.1. The third-order valence-corrected chi connectivity index (χ3v) is 2.72. The van der Waals surface area contributed by atoms with Crippen molar-refractivity contribution in [3.05, 3.63) is 26.6 Å². The molecular formula is C8H8Br2FNO. The van der Waals surface area contributed by atoms with E-state index in [1.165, 1.54) is 6.07 Å². The van der Waals surface area contributed by atoms with Crippen LogP contribution in [0.4, 0.5) is 4.39 Å². The summed E-state index contributed by atoms with van der Waals surface area (Å²) in [5, 5.41) is 9.47. The normalized spacial score (nSPS) is 12.9. The van der Waals surface area contributed by atoms with E-state index in [9.17, 15) is 9.50 Å². The second-order valence-electron chi connectivity index (χ2n) is 2.58. The van der Waals surface area contributed by atoms with Crippen molar-refractivity contribution in [2.45, 2.75) is 6.04 Å². The average molecular weight is 313 g/mol. The molecule has 1 aromatic rings. The van der Waals surface area contributed by atoms with Crippen LogP contribution in [0.25, 0.3) is 0 Å². The highest BCUT2D eigenvalue weighted by Gasteiger charge is 2.15. The Kier molecular flexibility index (Phi) is 3.70. The Morgan fingerprint density at radius 2 is 2.08 bits per heavy atom. The van der Waals surface area contributed by atoms with Gasteiger partial charge in [-0.15, -0.1) is 0 Å². The third-order valence-electron chi connectivity index (χ3n) is 1.61. The molecule has 2 nitrogen and oxygen atoms in total. The number of nitrogens with two attached hydrogens (primary N) is 1. The van der Waals surface area contributed by atoms with Crippen molar-refractivity contribution in [1.82, 2.24) is 0 Å². The first-order chi connectivity index (χ1) is 6.06. The van der Waals surface area contributed by atoms with Crippen LogP contribution < -0.4 is 5.73 Å². The lowest BCUT2D eigenvalue weighted by molar-refractivity contribution is 0.413. The van der Waals surface area contributed by atoms with E-state index in [-0.39, 0.29) is 5.75 Å². The van der Waals surface area contributed by atoms with E-state index in [0.717, 1.165) is 0 Å². The Balaban J connectivity index is 3.20. The molecule has 1 rings (SSSR count). The molecule has 1 atom stereocenters. The van der Waals surface area contributed by atoms with E-state index in [1.54, 1.807) is 6.07 Å². The van der Waals surface area contributed by atoms with Crippen molar-refractivity contribution in [2.75, 3.05) is 6.67 Å². The predicted octanol–water partition coefficient (Wildman–Crippen LogP) is 2.89. The summed E-state index contributed by atoms with van der Waals surface area (Å²) in [6, 6.07) is 2.41. The average Bonchev–Trinajstić information content (AvgIpc) is 2.02. The van der Waals surface area contributed by atoms with Crippen LogP contribution >= 0.6 is 31.9 Å². The van der Waals surface area contributed by atoms with Crippen LogP contribution in [0, 0.1) is 0 Å². The van der Waals surface area contributed by atoms with Crippen molar-refractivity contribution in [2.24, 2.45) is 5.73 Å². The van der Waals surface area contributed by atoms with Gasteiger partial charge in [0.05, 0.1) is 6.04 Å². The number of phenols is 1. The molecule has 0 spiro atoms. The van der Waals surface area contributed by atoms with Gasteiger partial charge in [-0.2, -0.15) is 0 Å². The van der Waals surface area contributed by atoms with Gasteiger partial charge in [-0.1, -0.05) is 31.9 Å². The van der Waals surface area contributed by atoms with Crippen LogP contribution in [-0.4, -0.2) is 11.8 Å². The number of aromatic hydroxyl groups is 1. The first-order valence-electron chi connectivity index (χ1n) is 3.55. The zero-order chi connectivity index (χ0) is 10.0.